The molecule has 0 aromatic heterocycles. The molecular formula is C17H26N2O3S. The summed E-state index contributed by atoms with van der Waals surface area (Å²) in [6.45, 7) is 4.15. The number of methoxy groups -OCH3 is 1. The molecular weight excluding hydrogens is 312 g/mol. The Balaban J connectivity index is 1.62. The van der Waals surface area contributed by atoms with E-state index in [2.05, 4.69) is 5.32 Å². The molecule has 0 spiro atoms. The maximum Gasteiger partial charge on any atom is 0.243 e. The van der Waals surface area contributed by atoms with Gasteiger partial charge in [-0.3, -0.25) is 0 Å². The molecule has 1 N–H and O–H groups in total. The van der Waals surface area contributed by atoms with E-state index in [0.717, 1.165) is 30.9 Å². The quantitative estimate of drug-likeness (QED) is 0.863. The maximum atomic E-state index is 12.8. The fourth-order valence-electron chi connectivity index (χ4n) is 3.12. The maximum absolute atomic E-state index is 12.8. The van der Waals surface area contributed by atoms with Crippen molar-refractivity contribution in [2.24, 2.45) is 5.92 Å². The number of hydrogen-bond acceptors (Lipinski definition) is 4. The highest BCUT2D eigenvalue weighted by atomic mass is 32.2. The Bertz CT molecular complexity index is 648. The molecule has 1 heterocycles. The highest BCUT2D eigenvalue weighted by Gasteiger charge is 2.30. The van der Waals surface area contributed by atoms with Gasteiger partial charge >= 0.3 is 0 Å². The van der Waals surface area contributed by atoms with Gasteiger partial charge in [-0.2, -0.15) is 4.31 Å². The van der Waals surface area contributed by atoms with Crippen LogP contribution < -0.4 is 10.1 Å². The van der Waals surface area contributed by atoms with Gasteiger partial charge in [-0.25, -0.2) is 8.42 Å². The Morgan fingerprint density at radius 2 is 1.91 bits per heavy atom. The molecule has 2 fully saturated rings. The van der Waals surface area contributed by atoms with E-state index in [9.17, 15) is 8.42 Å². The Morgan fingerprint density at radius 1 is 1.22 bits per heavy atom. The summed E-state index contributed by atoms with van der Waals surface area (Å²) in [7, 11) is -1.81. The number of piperidine rings is 1. The van der Waals surface area contributed by atoms with Crippen molar-refractivity contribution in [1.82, 2.24) is 9.62 Å². The molecule has 1 aliphatic heterocycles. The monoisotopic (exact) mass is 338 g/mol. The smallest absolute Gasteiger partial charge is 0.243 e. The van der Waals surface area contributed by atoms with Crippen LogP contribution in [0.5, 0.6) is 5.75 Å². The molecule has 128 valence electrons. The fraction of sp³-hybridized carbons (Fsp3) is 0.647. The molecule has 0 radical (unpaired) electrons. The van der Waals surface area contributed by atoms with Crippen LogP contribution >= 0.6 is 0 Å². The third-order valence-electron chi connectivity index (χ3n) is 4.85. The van der Waals surface area contributed by atoms with Crippen molar-refractivity contribution in [3.8, 4) is 5.75 Å². The molecule has 0 unspecified atom stereocenters. The molecule has 1 aromatic carbocycles. The van der Waals surface area contributed by atoms with Gasteiger partial charge in [-0.15, -0.1) is 0 Å². The van der Waals surface area contributed by atoms with E-state index in [-0.39, 0.29) is 0 Å². The normalized spacial score (nSPS) is 20.6. The summed E-state index contributed by atoms with van der Waals surface area (Å²) in [4.78, 5) is 0.361. The number of hydrogen-bond donors (Lipinski definition) is 1. The van der Waals surface area contributed by atoms with Gasteiger partial charge in [0.15, 0.2) is 0 Å². The van der Waals surface area contributed by atoms with Gasteiger partial charge in [-0.1, -0.05) is 0 Å². The van der Waals surface area contributed by atoms with Crippen LogP contribution in [0.3, 0.4) is 0 Å². The van der Waals surface area contributed by atoms with Gasteiger partial charge in [0.25, 0.3) is 0 Å². The number of ether oxygens (including phenoxy) is 1. The minimum Gasteiger partial charge on any atom is -0.496 e. The van der Waals surface area contributed by atoms with Crippen LogP contribution in [-0.4, -0.2) is 45.5 Å². The molecule has 0 amide bonds. The third-order valence-corrected chi connectivity index (χ3v) is 6.74. The molecule has 2 aliphatic rings. The van der Waals surface area contributed by atoms with Crippen molar-refractivity contribution in [3.63, 3.8) is 0 Å². The molecule has 1 aliphatic carbocycles. The average Bonchev–Trinajstić information content (AvgIpc) is 3.37. The van der Waals surface area contributed by atoms with Crippen LogP contribution in [0.15, 0.2) is 23.1 Å². The van der Waals surface area contributed by atoms with E-state index < -0.39 is 10.0 Å². The molecule has 6 heteroatoms. The fourth-order valence-corrected chi connectivity index (χ4v) is 4.67. The molecule has 1 saturated carbocycles. The summed E-state index contributed by atoms with van der Waals surface area (Å²) in [6, 6.07) is 5.52. The summed E-state index contributed by atoms with van der Waals surface area (Å²) in [5.41, 5.74) is 0.842. The Morgan fingerprint density at radius 3 is 2.48 bits per heavy atom. The van der Waals surface area contributed by atoms with Gasteiger partial charge in [0, 0.05) is 19.1 Å². The number of nitrogens with zero attached hydrogens (tertiary/aromatic N) is 1. The molecule has 1 saturated heterocycles. The minimum atomic E-state index is -3.40. The van der Waals surface area contributed by atoms with Gasteiger partial charge in [0.2, 0.25) is 10.0 Å². The number of nitrogens with one attached hydrogen (secondary N) is 1. The van der Waals surface area contributed by atoms with E-state index in [0.29, 0.717) is 29.8 Å². The van der Waals surface area contributed by atoms with Crippen molar-refractivity contribution in [2.75, 3.05) is 26.7 Å². The highest BCUT2D eigenvalue weighted by Crippen LogP contribution is 2.29. The Hall–Kier alpha value is -1.11. The van der Waals surface area contributed by atoms with E-state index in [1.165, 1.54) is 12.8 Å². The summed E-state index contributed by atoms with van der Waals surface area (Å²) < 4.78 is 32.4. The first-order chi connectivity index (χ1) is 11.0. The van der Waals surface area contributed by atoms with Gasteiger partial charge in [-0.05, 0) is 68.8 Å². The van der Waals surface area contributed by atoms with Crippen LogP contribution in [0.4, 0.5) is 0 Å². The van der Waals surface area contributed by atoms with E-state index in [1.807, 2.05) is 6.92 Å². The number of sulfonamides is 1. The minimum absolute atomic E-state index is 0.361. The molecule has 0 atom stereocenters. The zero-order chi connectivity index (χ0) is 16.4. The van der Waals surface area contributed by atoms with Crippen LogP contribution in [0.2, 0.25) is 0 Å². The lowest BCUT2D eigenvalue weighted by molar-refractivity contribution is 0.288. The second kappa shape index (κ2) is 6.79. The van der Waals surface area contributed by atoms with Crippen molar-refractivity contribution in [3.05, 3.63) is 23.8 Å². The second-order valence-electron chi connectivity index (χ2n) is 6.66. The first-order valence-corrected chi connectivity index (χ1v) is 9.83. The first kappa shape index (κ1) is 16.7. The zero-order valence-corrected chi connectivity index (χ0v) is 14.7. The summed E-state index contributed by atoms with van der Waals surface area (Å²) in [5, 5.41) is 3.58. The number of benzene rings is 1. The first-order valence-electron chi connectivity index (χ1n) is 8.39. The van der Waals surface area contributed by atoms with E-state index >= 15 is 0 Å². The lowest BCUT2D eigenvalue weighted by atomic mass is 10.1. The van der Waals surface area contributed by atoms with E-state index in [4.69, 9.17) is 4.74 Å². The van der Waals surface area contributed by atoms with Crippen LogP contribution in [0.25, 0.3) is 0 Å². The predicted octanol–water partition coefficient (Wildman–Crippen LogP) is 2.16. The second-order valence-corrected chi connectivity index (χ2v) is 8.60. The lowest BCUT2D eigenvalue weighted by Crippen LogP contribution is -2.45. The summed E-state index contributed by atoms with van der Waals surface area (Å²) in [5.74, 6) is 1.57. The zero-order valence-electron chi connectivity index (χ0n) is 13.9. The van der Waals surface area contributed by atoms with E-state index in [1.54, 1.807) is 29.6 Å². The number of rotatable bonds is 6. The summed E-state index contributed by atoms with van der Waals surface area (Å²) >= 11 is 0. The van der Waals surface area contributed by atoms with Crippen LogP contribution in [0.1, 0.15) is 31.2 Å². The molecule has 23 heavy (non-hydrogen) atoms. The van der Waals surface area contributed by atoms with Crippen molar-refractivity contribution >= 4 is 10.0 Å². The van der Waals surface area contributed by atoms with Crippen LogP contribution in [0, 0.1) is 12.8 Å². The molecule has 0 bridgehead atoms. The van der Waals surface area contributed by atoms with Crippen molar-refractivity contribution < 1.29 is 13.2 Å². The van der Waals surface area contributed by atoms with Gasteiger partial charge in [0.1, 0.15) is 5.75 Å². The van der Waals surface area contributed by atoms with Gasteiger partial charge < -0.3 is 10.1 Å². The summed E-state index contributed by atoms with van der Waals surface area (Å²) in [6.07, 6.45) is 4.47. The molecule has 5 nitrogen and oxygen atoms in total. The lowest BCUT2D eigenvalue weighted by Gasteiger charge is -2.32. The predicted molar refractivity (Wildman–Crippen MR) is 90.2 cm³/mol. The Labute approximate surface area is 139 Å². The molecule has 3 rings (SSSR count). The van der Waals surface area contributed by atoms with Crippen molar-refractivity contribution in [1.29, 1.82) is 0 Å². The third kappa shape index (κ3) is 3.87. The highest BCUT2D eigenvalue weighted by molar-refractivity contribution is 7.89. The van der Waals surface area contributed by atoms with Gasteiger partial charge in [0.05, 0.1) is 12.0 Å². The topological polar surface area (TPSA) is 58.6 Å². The number of aryl methyl sites for hydroxylation is 1. The Kier molecular flexibility index (Phi) is 4.94. The van der Waals surface area contributed by atoms with Crippen LogP contribution in [-0.2, 0) is 10.0 Å². The molecule has 1 aromatic rings. The SMILES string of the molecule is COc1ccc(S(=O)(=O)N2CCC(NCC3CC3)CC2)cc1C. The van der Waals surface area contributed by atoms with Crippen molar-refractivity contribution in [2.45, 2.75) is 43.5 Å². The standard InChI is InChI=1S/C17H26N2O3S/c1-13-11-16(5-6-17(13)22-2)23(20,21)19-9-7-15(8-10-19)18-12-14-3-4-14/h5-6,11,14-15,18H,3-4,7-10,12H2,1-2H3. The average molecular weight is 338 g/mol. The largest absolute Gasteiger partial charge is 0.496 e.